The van der Waals surface area contributed by atoms with E-state index in [1.165, 1.54) is 0 Å². The van der Waals surface area contributed by atoms with Gasteiger partial charge in [-0.25, -0.2) is 4.79 Å². The monoisotopic (exact) mass is 408 g/mol. The average molecular weight is 408 g/mol. The fourth-order valence-corrected chi connectivity index (χ4v) is 3.32. The number of hydrogen-bond donors (Lipinski definition) is 0. The smallest absolute Gasteiger partial charge is 0.410 e. The lowest BCUT2D eigenvalue weighted by Gasteiger charge is -2.35. The summed E-state index contributed by atoms with van der Waals surface area (Å²) in [6.45, 7) is 9.02. The van der Waals surface area contributed by atoms with Crippen molar-refractivity contribution in [2.75, 3.05) is 26.2 Å². The highest BCUT2D eigenvalue weighted by atomic mass is 16.6. The molecule has 2 aromatic carbocycles. The maximum atomic E-state index is 13.2. The Balaban J connectivity index is 1.72. The minimum atomic E-state index is -0.556. The molecule has 158 valence electrons. The van der Waals surface area contributed by atoms with Crippen LogP contribution in [0.1, 0.15) is 52.6 Å². The predicted octanol–water partition coefficient (Wildman–Crippen LogP) is 3.92. The molecule has 0 bridgehead atoms. The standard InChI is InChI=1S/C24H28N2O4/c1-17-9-11-18(12-10-17)21(27)19-7-5-6-8-20(19)22(28)25-13-15-26(16-14-25)23(29)30-24(2,3)4/h5-12H,13-16H2,1-4H3. The summed E-state index contributed by atoms with van der Waals surface area (Å²) in [5.41, 5.74) is 1.84. The lowest BCUT2D eigenvalue weighted by atomic mass is 9.97. The molecule has 30 heavy (non-hydrogen) atoms. The van der Waals surface area contributed by atoms with E-state index in [0.29, 0.717) is 42.9 Å². The fraction of sp³-hybridized carbons (Fsp3) is 0.375. The first-order chi connectivity index (χ1) is 14.2. The van der Waals surface area contributed by atoms with Crippen molar-refractivity contribution >= 4 is 17.8 Å². The van der Waals surface area contributed by atoms with E-state index < -0.39 is 5.60 Å². The summed E-state index contributed by atoms with van der Waals surface area (Å²) in [7, 11) is 0. The Morgan fingerprint density at radius 3 is 1.90 bits per heavy atom. The van der Waals surface area contributed by atoms with Gasteiger partial charge in [0.2, 0.25) is 0 Å². The highest BCUT2D eigenvalue weighted by Gasteiger charge is 2.29. The molecule has 0 atom stereocenters. The van der Waals surface area contributed by atoms with Gasteiger partial charge in [-0.1, -0.05) is 48.0 Å². The third-order valence-electron chi connectivity index (χ3n) is 4.93. The zero-order valence-corrected chi connectivity index (χ0v) is 18.0. The number of ether oxygens (including phenoxy) is 1. The number of nitrogens with zero attached hydrogens (tertiary/aromatic N) is 2. The third-order valence-corrected chi connectivity index (χ3v) is 4.93. The van der Waals surface area contributed by atoms with Crippen LogP contribution >= 0.6 is 0 Å². The molecule has 2 amide bonds. The molecule has 0 radical (unpaired) electrons. The minimum Gasteiger partial charge on any atom is -0.444 e. The normalized spacial score (nSPS) is 14.4. The van der Waals surface area contributed by atoms with Crippen molar-refractivity contribution in [1.82, 2.24) is 9.80 Å². The van der Waals surface area contributed by atoms with E-state index in [4.69, 9.17) is 4.74 Å². The van der Waals surface area contributed by atoms with Crippen molar-refractivity contribution in [2.24, 2.45) is 0 Å². The van der Waals surface area contributed by atoms with Crippen LogP contribution in [-0.2, 0) is 4.74 Å². The molecule has 3 rings (SSSR count). The van der Waals surface area contributed by atoms with Gasteiger partial charge in [0, 0.05) is 37.3 Å². The fourth-order valence-electron chi connectivity index (χ4n) is 3.32. The molecule has 6 nitrogen and oxygen atoms in total. The average Bonchev–Trinajstić information content (AvgIpc) is 2.72. The van der Waals surface area contributed by atoms with Crippen LogP contribution in [0, 0.1) is 6.92 Å². The quantitative estimate of drug-likeness (QED) is 0.722. The van der Waals surface area contributed by atoms with Gasteiger partial charge >= 0.3 is 6.09 Å². The molecule has 1 aliphatic rings. The summed E-state index contributed by atoms with van der Waals surface area (Å²) >= 11 is 0. The van der Waals surface area contributed by atoms with Crippen LogP contribution in [-0.4, -0.2) is 59.4 Å². The highest BCUT2D eigenvalue weighted by Crippen LogP contribution is 2.19. The highest BCUT2D eigenvalue weighted by molar-refractivity contribution is 6.15. The number of carbonyl (C=O) groups excluding carboxylic acids is 3. The largest absolute Gasteiger partial charge is 0.444 e. The summed E-state index contributed by atoms with van der Waals surface area (Å²) in [5, 5.41) is 0. The van der Waals surface area contributed by atoms with Crippen molar-refractivity contribution in [1.29, 1.82) is 0 Å². The second-order valence-corrected chi connectivity index (χ2v) is 8.50. The molecular weight excluding hydrogens is 380 g/mol. The Labute approximate surface area is 177 Å². The minimum absolute atomic E-state index is 0.175. The SMILES string of the molecule is Cc1ccc(C(=O)c2ccccc2C(=O)N2CCN(C(=O)OC(C)(C)C)CC2)cc1. The maximum Gasteiger partial charge on any atom is 0.410 e. The zero-order valence-electron chi connectivity index (χ0n) is 18.0. The number of aryl methyl sites for hydroxylation is 1. The summed E-state index contributed by atoms with van der Waals surface area (Å²) in [5.74, 6) is -0.374. The summed E-state index contributed by atoms with van der Waals surface area (Å²) in [6.07, 6.45) is -0.371. The lowest BCUT2D eigenvalue weighted by Crippen LogP contribution is -2.51. The molecule has 1 saturated heterocycles. The molecule has 0 spiro atoms. The van der Waals surface area contributed by atoms with Crippen molar-refractivity contribution in [3.8, 4) is 0 Å². The number of carbonyl (C=O) groups is 3. The van der Waals surface area contributed by atoms with E-state index in [9.17, 15) is 14.4 Å². The second-order valence-electron chi connectivity index (χ2n) is 8.50. The number of piperazine rings is 1. The Morgan fingerprint density at radius 2 is 1.33 bits per heavy atom. The summed E-state index contributed by atoms with van der Waals surface area (Å²) < 4.78 is 5.40. The van der Waals surface area contributed by atoms with Gasteiger partial charge in [0.25, 0.3) is 5.91 Å². The number of hydrogen-bond acceptors (Lipinski definition) is 4. The van der Waals surface area contributed by atoms with Crippen LogP contribution in [0.3, 0.4) is 0 Å². The third kappa shape index (κ3) is 5.06. The van der Waals surface area contributed by atoms with Gasteiger partial charge in [-0.3, -0.25) is 9.59 Å². The summed E-state index contributed by atoms with van der Waals surface area (Å²) in [4.78, 5) is 41.7. The molecule has 1 fully saturated rings. The molecular formula is C24H28N2O4. The molecule has 0 aromatic heterocycles. The van der Waals surface area contributed by atoms with E-state index in [2.05, 4.69) is 0 Å². The van der Waals surface area contributed by atoms with Crippen LogP contribution in [0.25, 0.3) is 0 Å². The lowest BCUT2D eigenvalue weighted by molar-refractivity contribution is 0.0141. The van der Waals surface area contributed by atoms with E-state index >= 15 is 0 Å². The molecule has 6 heteroatoms. The van der Waals surface area contributed by atoms with Crippen LogP contribution in [0.4, 0.5) is 4.79 Å². The molecule has 1 aliphatic heterocycles. The van der Waals surface area contributed by atoms with Crippen molar-refractivity contribution in [3.05, 3.63) is 70.8 Å². The van der Waals surface area contributed by atoms with Gasteiger partial charge < -0.3 is 14.5 Å². The molecule has 0 N–H and O–H groups in total. The van der Waals surface area contributed by atoms with E-state index in [-0.39, 0.29) is 17.8 Å². The van der Waals surface area contributed by atoms with Gasteiger partial charge in [-0.15, -0.1) is 0 Å². The van der Waals surface area contributed by atoms with Crippen LogP contribution in [0.2, 0.25) is 0 Å². The first-order valence-corrected chi connectivity index (χ1v) is 10.1. The first kappa shape index (κ1) is 21.6. The molecule has 0 aliphatic carbocycles. The van der Waals surface area contributed by atoms with Crippen molar-refractivity contribution < 1.29 is 19.1 Å². The van der Waals surface area contributed by atoms with Gasteiger partial charge in [0.15, 0.2) is 5.78 Å². The van der Waals surface area contributed by atoms with E-state index in [1.54, 1.807) is 46.2 Å². The Hall–Kier alpha value is -3.15. The van der Waals surface area contributed by atoms with Crippen molar-refractivity contribution in [3.63, 3.8) is 0 Å². The zero-order chi connectivity index (χ0) is 21.9. The van der Waals surface area contributed by atoms with Crippen LogP contribution < -0.4 is 0 Å². The van der Waals surface area contributed by atoms with E-state index in [0.717, 1.165) is 5.56 Å². The molecule has 0 unspecified atom stereocenters. The van der Waals surface area contributed by atoms with Gasteiger partial charge in [0.1, 0.15) is 5.60 Å². The van der Waals surface area contributed by atoms with Crippen LogP contribution in [0.5, 0.6) is 0 Å². The Morgan fingerprint density at radius 1 is 0.800 bits per heavy atom. The second kappa shape index (κ2) is 8.69. The summed E-state index contributed by atoms with van der Waals surface area (Å²) in [6, 6.07) is 14.2. The number of ketones is 1. The molecule has 2 aromatic rings. The molecule has 0 saturated carbocycles. The number of benzene rings is 2. The van der Waals surface area contributed by atoms with Crippen LogP contribution in [0.15, 0.2) is 48.5 Å². The number of rotatable bonds is 3. The van der Waals surface area contributed by atoms with Crippen molar-refractivity contribution in [2.45, 2.75) is 33.3 Å². The topological polar surface area (TPSA) is 66.9 Å². The molecule has 1 heterocycles. The Kier molecular flexibility index (Phi) is 6.25. The van der Waals surface area contributed by atoms with Gasteiger partial charge in [-0.2, -0.15) is 0 Å². The van der Waals surface area contributed by atoms with E-state index in [1.807, 2.05) is 39.8 Å². The Bertz CT molecular complexity index is 936. The van der Waals surface area contributed by atoms with Gasteiger partial charge in [-0.05, 0) is 33.8 Å². The maximum absolute atomic E-state index is 13.2. The first-order valence-electron chi connectivity index (χ1n) is 10.1. The van der Waals surface area contributed by atoms with Gasteiger partial charge in [0.05, 0.1) is 5.56 Å². The predicted molar refractivity (Wildman–Crippen MR) is 115 cm³/mol. The number of amides is 2.